The summed E-state index contributed by atoms with van der Waals surface area (Å²) in [5.74, 6) is 0.961. The number of aliphatic hydroxyl groups is 1. The van der Waals surface area contributed by atoms with Crippen LogP contribution in [0.2, 0.25) is 0 Å². The first-order valence-corrected chi connectivity index (χ1v) is 41.8. The first-order chi connectivity index (χ1) is 45.2. The molecule has 0 amide bonds. The Morgan fingerprint density at radius 2 is 0.511 bits per heavy atom. The van der Waals surface area contributed by atoms with Crippen molar-refractivity contribution in [2.75, 3.05) is 39.6 Å². The summed E-state index contributed by atoms with van der Waals surface area (Å²) in [5, 5.41) is 10.6. The molecule has 0 bridgehead atoms. The highest BCUT2D eigenvalue weighted by atomic mass is 31.2. The molecule has 19 heteroatoms. The first-order valence-electron chi connectivity index (χ1n) is 38.8. The highest BCUT2D eigenvalue weighted by Gasteiger charge is 2.30. The summed E-state index contributed by atoms with van der Waals surface area (Å²) >= 11 is 0. The molecular weight excluding hydrogens is 1230 g/mol. The lowest BCUT2D eigenvalue weighted by atomic mass is 9.99. The van der Waals surface area contributed by atoms with Crippen LogP contribution in [0.4, 0.5) is 0 Å². The second-order valence-electron chi connectivity index (χ2n) is 28.5. The van der Waals surface area contributed by atoms with E-state index in [0.717, 1.165) is 114 Å². The summed E-state index contributed by atoms with van der Waals surface area (Å²) in [6, 6.07) is 0. The number of esters is 4. The summed E-state index contributed by atoms with van der Waals surface area (Å²) in [5.41, 5.74) is 0. The average molecular weight is 1380 g/mol. The summed E-state index contributed by atoms with van der Waals surface area (Å²) in [6.45, 7) is 14.2. The van der Waals surface area contributed by atoms with Gasteiger partial charge in [0.1, 0.15) is 19.3 Å². The fraction of sp³-hybridized carbons (Fsp3) is 0.947. The van der Waals surface area contributed by atoms with Crippen molar-refractivity contribution in [2.45, 2.75) is 395 Å². The smallest absolute Gasteiger partial charge is 0.462 e. The summed E-state index contributed by atoms with van der Waals surface area (Å²) in [4.78, 5) is 72.8. The SMILES string of the molecule is CCC(C)CCCCCCCCCCCCC(=O)O[C@H](COC(=O)CCCCCCCCCCCCCCCCC(C)C)COP(=O)(O)OC[C@@H](O)COP(=O)(O)OC[C@@H](COC(=O)CCCCCCCCC(C)C)OC(=O)CCCCCCCCCCCCC(C)CC. The van der Waals surface area contributed by atoms with Crippen LogP contribution in [-0.2, 0) is 65.4 Å². The largest absolute Gasteiger partial charge is 0.472 e. The maximum atomic E-state index is 13.1. The third-order valence-electron chi connectivity index (χ3n) is 18.0. The van der Waals surface area contributed by atoms with Crippen LogP contribution in [0.3, 0.4) is 0 Å². The Labute approximate surface area is 575 Å². The van der Waals surface area contributed by atoms with Gasteiger partial charge in [-0.05, 0) is 49.4 Å². The lowest BCUT2D eigenvalue weighted by molar-refractivity contribution is -0.161. The molecule has 0 radical (unpaired) electrons. The molecule has 0 aromatic heterocycles. The number of phosphoric acid groups is 2. The second kappa shape index (κ2) is 64.4. The molecule has 17 nitrogen and oxygen atoms in total. The van der Waals surface area contributed by atoms with Gasteiger partial charge in [-0.15, -0.1) is 0 Å². The number of hydrogen-bond acceptors (Lipinski definition) is 15. The third-order valence-corrected chi connectivity index (χ3v) is 19.9. The molecule has 0 aliphatic heterocycles. The normalized spacial score (nSPS) is 14.7. The van der Waals surface area contributed by atoms with Gasteiger partial charge in [-0.3, -0.25) is 37.3 Å². The molecule has 0 fully saturated rings. The summed E-state index contributed by atoms with van der Waals surface area (Å²) in [6.07, 6.45) is 48.5. The van der Waals surface area contributed by atoms with E-state index in [1.807, 2.05) is 0 Å². The molecule has 94 heavy (non-hydrogen) atoms. The minimum atomic E-state index is -4.96. The molecule has 0 aliphatic carbocycles. The number of rotatable bonds is 72. The first kappa shape index (κ1) is 92.1. The van der Waals surface area contributed by atoms with E-state index in [4.69, 9.17) is 37.0 Å². The van der Waals surface area contributed by atoms with Gasteiger partial charge in [-0.2, -0.15) is 0 Å². The molecule has 7 atom stereocenters. The molecule has 0 spiro atoms. The maximum Gasteiger partial charge on any atom is 0.472 e. The van der Waals surface area contributed by atoms with Gasteiger partial charge in [0.05, 0.1) is 26.4 Å². The number of ether oxygens (including phenoxy) is 4. The Hall–Kier alpha value is -1.94. The zero-order valence-electron chi connectivity index (χ0n) is 61.6. The minimum absolute atomic E-state index is 0.105. The second-order valence-corrected chi connectivity index (χ2v) is 31.4. The molecule has 0 heterocycles. The molecule has 0 aromatic rings. The van der Waals surface area contributed by atoms with Crippen LogP contribution >= 0.6 is 15.6 Å². The molecule has 0 saturated heterocycles. The zero-order chi connectivity index (χ0) is 69.6. The molecule has 3 N–H and O–H groups in total. The van der Waals surface area contributed by atoms with Crippen molar-refractivity contribution in [1.82, 2.24) is 0 Å². The Morgan fingerprint density at radius 3 is 0.755 bits per heavy atom. The molecule has 558 valence electrons. The predicted molar refractivity (Wildman–Crippen MR) is 381 cm³/mol. The third kappa shape index (κ3) is 66.0. The summed E-state index contributed by atoms with van der Waals surface area (Å²) < 4.78 is 68.5. The highest BCUT2D eigenvalue weighted by Crippen LogP contribution is 2.45. The van der Waals surface area contributed by atoms with Gasteiger partial charge in [-0.1, -0.05) is 325 Å². The van der Waals surface area contributed by atoms with Gasteiger partial charge in [0.2, 0.25) is 0 Å². The molecule has 4 unspecified atom stereocenters. The monoisotopic (exact) mass is 1380 g/mol. The quantitative estimate of drug-likeness (QED) is 0.0222. The van der Waals surface area contributed by atoms with Gasteiger partial charge in [-0.25, -0.2) is 9.13 Å². The van der Waals surface area contributed by atoms with E-state index >= 15 is 0 Å². The number of unbranched alkanes of at least 4 members (excludes halogenated alkanes) is 36. The van der Waals surface area contributed by atoms with Gasteiger partial charge in [0.15, 0.2) is 12.2 Å². The fourth-order valence-corrected chi connectivity index (χ4v) is 12.9. The Bertz CT molecular complexity index is 1850. The maximum absolute atomic E-state index is 13.1. The van der Waals surface area contributed by atoms with Crippen molar-refractivity contribution in [2.24, 2.45) is 23.7 Å². The predicted octanol–water partition coefficient (Wildman–Crippen LogP) is 21.7. The fourth-order valence-electron chi connectivity index (χ4n) is 11.3. The molecule has 0 saturated carbocycles. The number of carbonyl (C=O) groups excluding carboxylic acids is 4. The van der Waals surface area contributed by atoms with Gasteiger partial charge >= 0.3 is 39.5 Å². The van der Waals surface area contributed by atoms with Gasteiger partial charge in [0.25, 0.3) is 0 Å². The molecule has 0 aliphatic rings. The number of aliphatic hydroxyl groups excluding tert-OH is 1. The van der Waals surface area contributed by atoms with Crippen molar-refractivity contribution < 1.29 is 80.2 Å². The highest BCUT2D eigenvalue weighted by molar-refractivity contribution is 7.47. The van der Waals surface area contributed by atoms with E-state index in [2.05, 4.69) is 55.4 Å². The lowest BCUT2D eigenvalue weighted by Crippen LogP contribution is -2.30. The lowest BCUT2D eigenvalue weighted by Gasteiger charge is -2.21. The average Bonchev–Trinajstić information content (AvgIpc) is 1.39. The van der Waals surface area contributed by atoms with Crippen LogP contribution in [0, 0.1) is 23.7 Å². The number of carbonyl (C=O) groups is 4. The van der Waals surface area contributed by atoms with E-state index in [0.29, 0.717) is 31.6 Å². The van der Waals surface area contributed by atoms with Crippen molar-refractivity contribution in [3.8, 4) is 0 Å². The van der Waals surface area contributed by atoms with Crippen LogP contribution < -0.4 is 0 Å². The Balaban J connectivity index is 5.24. The minimum Gasteiger partial charge on any atom is -0.462 e. The van der Waals surface area contributed by atoms with E-state index in [9.17, 15) is 43.2 Å². The number of hydrogen-bond donors (Lipinski definition) is 3. The molecular formula is C75H146O17P2. The van der Waals surface area contributed by atoms with E-state index in [1.165, 1.54) is 173 Å². The standard InChI is InChI=1S/C75H146O17P2/c1-9-67(7)53-45-37-28-22-17-19-25-31-41-49-57-74(79)91-70(61-85-72(77)55-47-39-30-24-16-14-12-11-13-15-21-27-35-43-51-65(3)4)63-89-93(81,82)87-59-69(76)60-88-94(83,84)90-64-71(62-86-73(78)56-48-40-34-33-36-44-52-66(5)6)92-75(80)58-50-42-32-26-20-18-23-29-38-46-54-68(8)10-2/h65-71,76H,9-64H2,1-8H3,(H,81,82)(H,83,84)/t67?,68?,69-,70-,71-/m1/s1. The Morgan fingerprint density at radius 1 is 0.298 bits per heavy atom. The summed E-state index contributed by atoms with van der Waals surface area (Å²) in [7, 11) is -9.91. The van der Waals surface area contributed by atoms with Crippen LogP contribution in [-0.4, -0.2) is 96.7 Å². The van der Waals surface area contributed by atoms with E-state index in [1.54, 1.807) is 0 Å². The van der Waals surface area contributed by atoms with Crippen molar-refractivity contribution >= 4 is 39.5 Å². The van der Waals surface area contributed by atoms with Crippen molar-refractivity contribution in [1.29, 1.82) is 0 Å². The van der Waals surface area contributed by atoms with Gasteiger partial charge in [0, 0.05) is 25.7 Å². The van der Waals surface area contributed by atoms with E-state index < -0.39 is 97.5 Å². The van der Waals surface area contributed by atoms with Crippen molar-refractivity contribution in [3.05, 3.63) is 0 Å². The van der Waals surface area contributed by atoms with Crippen LogP contribution in [0.1, 0.15) is 376 Å². The topological polar surface area (TPSA) is 237 Å². The van der Waals surface area contributed by atoms with Crippen LogP contribution in [0.5, 0.6) is 0 Å². The molecule has 0 rings (SSSR count). The Kier molecular flexibility index (Phi) is 63.1. The number of phosphoric ester groups is 2. The van der Waals surface area contributed by atoms with Crippen molar-refractivity contribution in [3.63, 3.8) is 0 Å². The van der Waals surface area contributed by atoms with Crippen LogP contribution in [0.25, 0.3) is 0 Å². The van der Waals surface area contributed by atoms with E-state index in [-0.39, 0.29) is 25.7 Å². The van der Waals surface area contributed by atoms with Gasteiger partial charge < -0.3 is 33.8 Å². The zero-order valence-corrected chi connectivity index (χ0v) is 63.4. The molecule has 0 aromatic carbocycles. The van der Waals surface area contributed by atoms with Crippen LogP contribution in [0.15, 0.2) is 0 Å².